The lowest BCUT2D eigenvalue weighted by atomic mass is 10.2. The van der Waals surface area contributed by atoms with Gasteiger partial charge in [-0.3, -0.25) is 4.79 Å². The quantitative estimate of drug-likeness (QED) is 0.657. The highest BCUT2D eigenvalue weighted by Crippen LogP contribution is 2.21. The Bertz CT molecular complexity index is 396. The second-order valence-electron chi connectivity index (χ2n) is 3.52. The first kappa shape index (κ1) is 13.0. The van der Waals surface area contributed by atoms with Crippen molar-refractivity contribution >= 4 is 35.3 Å². The molecule has 1 aromatic carbocycles. The Labute approximate surface area is 104 Å². The molecule has 1 aromatic rings. The van der Waals surface area contributed by atoms with Gasteiger partial charge in [-0.25, -0.2) is 5.43 Å². The Morgan fingerprint density at radius 2 is 1.94 bits per heavy atom. The summed E-state index contributed by atoms with van der Waals surface area (Å²) in [6, 6.07) is 5.16. The molecule has 86 valence electrons. The number of rotatable bonds is 3. The predicted molar refractivity (Wildman–Crippen MR) is 67.0 cm³/mol. The summed E-state index contributed by atoms with van der Waals surface area (Å²) in [7, 11) is 0. The molecule has 3 nitrogen and oxygen atoms in total. The van der Waals surface area contributed by atoms with Crippen LogP contribution in [0.2, 0.25) is 10.0 Å². The van der Waals surface area contributed by atoms with Crippen molar-refractivity contribution in [3.05, 3.63) is 33.8 Å². The maximum atomic E-state index is 11.2. The Morgan fingerprint density at radius 1 is 1.38 bits per heavy atom. The van der Waals surface area contributed by atoms with Gasteiger partial charge in [-0.1, -0.05) is 43.1 Å². The molecule has 1 N–H and O–H groups in total. The average molecular weight is 259 g/mol. The first-order valence-corrected chi connectivity index (χ1v) is 5.55. The van der Waals surface area contributed by atoms with Crippen molar-refractivity contribution in [3.8, 4) is 0 Å². The van der Waals surface area contributed by atoms with E-state index in [0.29, 0.717) is 15.6 Å². The van der Waals surface area contributed by atoms with Gasteiger partial charge >= 0.3 is 0 Å². The van der Waals surface area contributed by atoms with Crippen LogP contribution in [0.15, 0.2) is 23.3 Å². The highest BCUT2D eigenvalue weighted by atomic mass is 35.5. The zero-order chi connectivity index (χ0) is 12.1. The summed E-state index contributed by atoms with van der Waals surface area (Å²) >= 11 is 11.8. The van der Waals surface area contributed by atoms with Gasteiger partial charge in [-0.2, -0.15) is 5.10 Å². The molecule has 0 saturated carbocycles. The van der Waals surface area contributed by atoms with Crippen LogP contribution in [0.5, 0.6) is 0 Å². The number of nitrogens with zero attached hydrogens (tertiary/aromatic N) is 1. The van der Waals surface area contributed by atoms with Crippen LogP contribution in [0.4, 0.5) is 0 Å². The molecule has 0 aliphatic carbocycles. The largest absolute Gasteiger partial charge is 0.273 e. The van der Waals surface area contributed by atoms with E-state index in [1.807, 2.05) is 0 Å². The third kappa shape index (κ3) is 3.51. The van der Waals surface area contributed by atoms with E-state index in [1.165, 1.54) is 6.21 Å². The number of hydrogen-bond donors (Lipinski definition) is 1. The molecule has 0 atom stereocenters. The minimum Gasteiger partial charge on any atom is -0.273 e. The van der Waals surface area contributed by atoms with Gasteiger partial charge in [-0.05, 0) is 12.1 Å². The monoisotopic (exact) mass is 258 g/mol. The molecule has 5 heteroatoms. The molecule has 0 unspecified atom stereocenters. The van der Waals surface area contributed by atoms with E-state index in [0.717, 1.165) is 0 Å². The molecule has 0 fully saturated rings. The number of benzene rings is 1. The fourth-order valence-corrected chi connectivity index (χ4v) is 1.42. The number of carbonyl (C=O) groups excluding carboxylic acids is 1. The topological polar surface area (TPSA) is 41.5 Å². The molecular weight excluding hydrogens is 247 g/mol. The lowest BCUT2D eigenvalue weighted by Gasteiger charge is -2.03. The highest BCUT2D eigenvalue weighted by Gasteiger charge is 2.05. The third-order valence-electron chi connectivity index (χ3n) is 1.89. The van der Waals surface area contributed by atoms with Crippen LogP contribution in [0, 0.1) is 5.92 Å². The van der Waals surface area contributed by atoms with Crippen molar-refractivity contribution in [2.24, 2.45) is 11.0 Å². The van der Waals surface area contributed by atoms with Crippen LogP contribution < -0.4 is 5.43 Å². The van der Waals surface area contributed by atoms with Gasteiger partial charge in [0.1, 0.15) is 0 Å². The number of carbonyl (C=O) groups is 1. The normalized spacial score (nSPS) is 11.1. The number of halogens is 2. The number of nitrogens with one attached hydrogen (secondary N) is 1. The van der Waals surface area contributed by atoms with E-state index >= 15 is 0 Å². The standard InChI is InChI=1S/C11H12Cl2N2O/c1-7(2)11(16)15-14-6-8-9(12)4-3-5-10(8)13/h3-7H,1-2H3,(H,15,16). The fraction of sp³-hybridized carbons (Fsp3) is 0.273. The van der Waals surface area contributed by atoms with E-state index in [4.69, 9.17) is 23.2 Å². The van der Waals surface area contributed by atoms with Crippen molar-refractivity contribution in [3.63, 3.8) is 0 Å². The van der Waals surface area contributed by atoms with Gasteiger partial charge in [0.15, 0.2) is 0 Å². The Kier molecular flexibility index (Phi) is 4.77. The van der Waals surface area contributed by atoms with E-state index in [1.54, 1.807) is 32.0 Å². The fourth-order valence-electron chi connectivity index (χ4n) is 0.924. The van der Waals surface area contributed by atoms with Crippen LogP contribution in [-0.4, -0.2) is 12.1 Å². The molecule has 0 aliphatic heterocycles. The zero-order valence-corrected chi connectivity index (χ0v) is 10.5. The Hall–Kier alpha value is -1.06. The minimum atomic E-state index is -0.153. The van der Waals surface area contributed by atoms with Gasteiger partial charge in [0, 0.05) is 11.5 Å². The van der Waals surface area contributed by atoms with Gasteiger partial charge in [-0.15, -0.1) is 0 Å². The number of hydrogen-bond acceptors (Lipinski definition) is 2. The van der Waals surface area contributed by atoms with E-state index in [9.17, 15) is 4.79 Å². The highest BCUT2D eigenvalue weighted by molar-refractivity contribution is 6.38. The minimum absolute atomic E-state index is 0.112. The summed E-state index contributed by atoms with van der Waals surface area (Å²) in [5.41, 5.74) is 2.99. The van der Waals surface area contributed by atoms with Crippen molar-refractivity contribution in [2.45, 2.75) is 13.8 Å². The van der Waals surface area contributed by atoms with Crippen LogP contribution in [0.1, 0.15) is 19.4 Å². The van der Waals surface area contributed by atoms with Crippen LogP contribution in [0.3, 0.4) is 0 Å². The summed E-state index contributed by atoms with van der Waals surface area (Å²) in [4.78, 5) is 11.2. The van der Waals surface area contributed by atoms with Crippen LogP contribution in [-0.2, 0) is 4.79 Å². The molecule has 0 spiro atoms. The van der Waals surface area contributed by atoms with Gasteiger partial charge in [0.2, 0.25) is 5.91 Å². The first-order valence-electron chi connectivity index (χ1n) is 4.79. The third-order valence-corrected chi connectivity index (χ3v) is 2.55. The Balaban J connectivity index is 2.74. The Morgan fingerprint density at radius 3 is 2.44 bits per heavy atom. The zero-order valence-electron chi connectivity index (χ0n) is 9.00. The maximum absolute atomic E-state index is 11.2. The summed E-state index contributed by atoms with van der Waals surface area (Å²) in [5, 5.41) is 4.78. The summed E-state index contributed by atoms with van der Waals surface area (Å²) in [6.07, 6.45) is 1.44. The van der Waals surface area contributed by atoms with Crippen LogP contribution in [0.25, 0.3) is 0 Å². The van der Waals surface area contributed by atoms with Crippen molar-refractivity contribution < 1.29 is 4.79 Å². The molecule has 0 radical (unpaired) electrons. The van der Waals surface area contributed by atoms with E-state index in [2.05, 4.69) is 10.5 Å². The van der Waals surface area contributed by atoms with Crippen molar-refractivity contribution in [1.29, 1.82) is 0 Å². The first-order chi connectivity index (χ1) is 7.52. The molecule has 0 aromatic heterocycles. The summed E-state index contributed by atoms with van der Waals surface area (Å²) < 4.78 is 0. The van der Waals surface area contributed by atoms with E-state index < -0.39 is 0 Å². The van der Waals surface area contributed by atoms with Crippen LogP contribution >= 0.6 is 23.2 Å². The molecule has 0 saturated heterocycles. The average Bonchev–Trinajstić information content (AvgIpc) is 2.22. The smallest absolute Gasteiger partial charge is 0.242 e. The molecule has 1 rings (SSSR count). The summed E-state index contributed by atoms with van der Waals surface area (Å²) in [6.45, 7) is 3.57. The molecular formula is C11H12Cl2N2O. The lowest BCUT2D eigenvalue weighted by Crippen LogP contribution is -2.22. The van der Waals surface area contributed by atoms with Crippen molar-refractivity contribution in [1.82, 2.24) is 5.43 Å². The molecule has 16 heavy (non-hydrogen) atoms. The second kappa shape index (κ2) is 5.87. The second-order valence-corrected chi connectivity index (χ2v) is 4.34. The lowest BCUT2D eigenvalue weighted by molar-refractivity contribution is -0.123. The van der Waals surface area contributed by atoms with Gasteiger partial charge in [0.25, 0.3) is 0 Å². The molecule has 1 amide bonds. The molecule has 0 aliphatic rings. The molecule has 0 heterocycles. The predicted octanol–water partition coefficient (Wildman–Crippen LogP) is 3.10. The SMILES string of the molecule is CC(C)C(=O)NN=Cc1c(Cl)cccc1Cl. The van der Waals surface area contributed by atoms with Gasteiger partial charge < -0.3 is 0 Å². The maximum Gasteiger partial charge on any atom is 0.242 e. The molecule has 0 bridgehead atoms. The van der Waals surface area contributed by atoms with E-state index in [-0.39, 0.29) is 11.8 Å². The summed E-state index contributed by atoms with van der Waals surface area (Å²) in [5.74, 6) is -0.265. The number of hydrazone groups is 1. The van der Waals surface area contributed by atoms with Crippen molar-refractivity contribution in [2.75, 3.05) is 0 Å². The van der Waals surface area contributed by atoms with Gasteiger partial charge in [0.05, 0.1) is 16.3 Å². The number of amides is 1.